The summed E-state index contributed by atoms with van der Waals surface area (Å²) >= 11 is 0. The van der Waals surface area contributed by atoms with Crippen LogP contribution in [0.4, 0.5) is 5.69 Å². The summed E-state index contributed by atoms with van der Waals surface area (Å²) in [5, 5.41) is 1.92. The monoisotopic (exact) mass is 431 g/mol. The van der Waals surface area contributed by atoms with E-state index in [1.54, 1.807) is 35.2 Å². The number of carbonyl (C=O) groups is 4. The summed E-state index contributed by atoms with van der Waals surface area (Å²) in [7, 11) is 0. The lowest BCUT2D eigenvalue weighted by Gasteiger charge is -2.18. The van der Waals surface area contributed by atoms with Crippen molar-refractivity contribution >= 4 is 40.2 Å². The maximum atomic E-state index is 12.6. The molecule has 1 heterocycles. The van der Waals surface area contributed by atoms with E-state index >= 15 is 0 Å². The molecule has 3 aromatic carbocycles. The first kappa shape index (κ1) is 21.0. The normalized spacial score (nSPS) is 15.4. The largest absolute Gasteiger partial charge is 0.455 e. The average molecular weight is 431 g/mol. The number of nitrogens with zero attached hydrogens (tertiary/aromatic N) is 1. The minimum absolute atomic E-state index is 0.00835. The summed E-state index contributed by atoms with van der Waals surface area (Å²) in [5.41, 5.74) is 5.57. The molecule has 8 nitrogen and oxygen atoms in total. The summed E-state index contributed by atoms with van der Waals surface area (Å²) in [6.07, 6.45) is 0.00835. The number of rotatable bonds is 5. The van der Waals surface area contributed by atoms with Gasteiger partial charge in [-0.25, -0.2) is 0 Å². The van der Waals surface area contributed by atoms with Gasteiger partial charge in [0.25, 0.3) is 11.8 Å². The molecule has 2 N–H and O–H groups in total. The number of nitrogens with one attached hydrogen (secondary N) is 2. The van der Waals surface area contributed by atoms with E-state index in [1.807, 2.05) is 42.5 Å². The van der Waals surface area contributed by atoms with Gasteiger partial charge in [-0.3, -0.25) is 30.0 Å². The Balaban J connectivity index is 1.30. The molecule has 4 rings (SSSR count). The Morgan fingerprint density at radius 1 is 0.906 bits per heavy atom. The van der Waals surface area contributed by atoms with E-state index in [2.05, 4.69) is 10.9 Å². The number of ether oxygens (including phenoxy) is 1. The van der Waals surface area contributed by atoms with Gasteiger partial charge in [0.05, 0.1) is 11.6 Å². The number of carbonyl (C=O) groups excluding carboxylic acids is 4. The Kier molecular flexibility index (Phi) is 6.12. The van der Waals surface area contributed by atoms with Gasteiger partial charge in [0.1, 0.15) is 0 Å². The fourth-order valence-corrected chi connectivity index (χ4v) is 3.62. The van der Waals surface area contributed by atoms with Crippen LogP contribution in [0, 0.1) is 5.92 Å². The van der Waals surface area contributed by atoms with Crippen LogP contribution in [0.25, 0.3) is 10.8 Å². The summed E-state index contributed by atoms with van der Waals surface area (Å²) < 4.78 is 5.06. The molecule has 0 bridgehead atoms. The molecule has 32 heavy (non-hydrogen) atoms. The number of anilines is 1. The van der Waals surface area contributed by atoms with E-state index in [0.717, 1.165) is 16.5 Å². The van der Waals surface area contributed by atoms with E-state index in [9.17, 15) is 19.2 Å². The molecule has 1 fully saturated rings. The zero-order chi connectivity index (χ0) is 22.5. The number of fused-ring (bicyclic) bond motifs is 1. The zero-order valence-corrected chi connectivity index (χ0v) is 17.1. The molecule has 162 valence electrons. The first-order valence-corrected chi connectivity index (χ1v) is 10.1. The number of benzene rings is 3. The Morgan fingerprint density at radius 2 is 1.62 bits per heavy atom. The summed E-state index contributed by atoms with van der Waals surface area (Å²) in [5.74, 6) is -2.66. The van der Waals surface area contributed by atoms with Crippen LogP contribution >= 0.6 is 0 Å². The highest BCUT2D eigenvalue weighted by atomic mass is 16.5. The van der Waals surface area contributed by atoms with Gasteiger partial charge < -0.3 is 9.64 Å². The van der Waals surface area contributed by atoms with E-state index in [0.29, 0.717) is 5.56 Å². The van der Waals surface area contributed by atoms with Gasteiger partial charge in [0.15, 0.2) is 6.61 Å². The van der Waals surface area contributed by atoms with Gasteiger partial charge in [0.2, 0.25) is 5.91 Å². The second kappa shape index (κ2) is 9.30. The van der Waals surface area contributed by atoms with Crippen LogP contribution < -0.4 is 15.8 Å². The van der Waals surface area contributed by atoms with Gasteiger partial charge in [-0.1, -0.05) is 54.6 Å². The van der Waals surface area contributed by atoms with Crippen molar-refractivity contribution in [2.45, 2.75) is 6.42 Å². The standard InChI is InChI=1S/C24H21N3O5/c28-21(25-26-23(30)17-8-2-1-3-9-17)15-32-24(31)18-13-22(29)27(14-18)20-12-6-10-16-7-4-5-11-19(16)20/h1-12,18H,13-15H2,(H,25,28)(H,26,30)/t18-/m1/s1. The molecule has 0 radical (unpaired) electrons. The quantitative estimate of drug-likeness (QED) is 0.476. The van der Waals surface area contributed by atoms with E-state index < -0.39 is 30.3 Å². The highest BCUT2D eigenvalue weighted by Crippen LogP contribution is 2.32. The number of hydrogen-bond acceptors (Lipinski definition) is 5. The third kappa shape index (κ3) is 4.59. The highest BCUT2D eigenvalue weighted by Gasteiger charge is 2.36. The maximum Gasteiger partial charge on any atom is 0.311 e. The molecule has 0 aliphatic carbocycles. The molecule has 0 saturated carbocycles. The van der Waals surface area contributed by atoms with Gasteiger partial charge in [-0.15, -0.1) is 0 Å². The van der Waals surface area contributed by atoms with Gasteiger partial charge in [-0.05, 0) is 23.6 Å². The second-order valence-electron chi connectivity index (χ2n) is 7.38. The summed E-state index contributed by atoms with van der Waals surface area (Å²) in [6, 6.07) is 21.7. The van der Waals surface area contributed by atoms with Crippen molar-refractivity contribution in [1.29, 1.82) is 0 Å². The smallest absolute Gasteiger partial charge is 0.311 e. The lowest BCUT2D eigenvalue weighted by molar-refractivity contribution is -0.152. The van der Waals surface area contributed by atoms with Crippen molar-refractivity contribution in [3.8, 4) is 0 Å². The van der Waals surface area contributed by atoms with Crippen LogP contribution in [-0.2, 0) is 19.1 Å². The van der Waals surface area contributed by atoms with Gasteiger partial charge >= 0.3 is 5.97 Å². The van der Waals surface area contributed by atoms with Gasteiger partial charge in [0, 0.05) is 23.9 Å². The molecule has 8 heteroatoms. The van der Waals surface area contributed by atoms with Crippen LogP contribution in [0.5, 0.6) is 0 Å². The fraction of sp³-hybridized carbons (Fsp3) is 0.167. The van der Waals surface area contributed by atoms with Crippen molar-refractivity contribution in [2.75, 3.05) is 18.1 Å². The minimum Gasteiger partial charge on any atom is -0.455 e. The Labute approximate surface area is 184 Å². The molecule has 1 aliphatic rings. The third-order valence-corrected chi connectivity index (χ3v) is 5.21. The number of amides is 3. The van der Waals surface area contributed by atoms with Crippen molar-refractivity contribution in [3.05, 3.63) is 78.4 Å². The van der Waals surface area contributed by atoms with Gasteiger partial charge in [-0.2, -0.15) is 0 Å². The van der Waals surface area contributed by atoms with Crippen molar-refractivity contribution < 1.29 is 23.9 Å². The summed E-state index contributed by atoms with van der Waals surface area (Å²) in [4.78, 5) is 50.4. The van der Waals surface area contributed by atoms with Crippen LogP contribution in [0.3, 0.4) is 0 Å². The lowest BCUT2D eigenvalue weighted by atomic mass is 10.1. The SMILES string of the molecule is O=C(COC(=O)[C@@H]1CC(=O)N(c2cccc3ccccc23)C1)NNC(=O)c1ccccc1. The van der Waals surface area contributed by atoms with Crippen LogP contribution in [0.1, 0.15) is 16.8 Å². The molecule has 1 aliphatic heterocycles. The molecule has 3 amide bonds. The number of hydrazine groups is 1. The average Bonchev–Trinajstić information content (AvgIpc) is 3.22. The zero-order valence-electron chi connectivity index (χ0n) is 17.1. The van der Waals surface area contributed by atoms with Crippen LogP contribution in [0.15, 0.2) is 72.8 Å². The molecule has 0 unspecified atom stereocenters. The van der Waals surface area contributed by atoms with Crippen LogP contribution in [-0.4, -0.2) is 36.8 Å². The topological polar surface area (TPSA) is 105 Å². The second-order valence-corrected chi connectivity index (χ2v) is 7.38. The highest BCUT2D eigenvalue weighted by molar-refractivity contribution is 6.06. The predicted molar refractivity (Wildman–Crippen MR) is 117 cm³/mol. The molecule has 3 aromatic rings. The van der Waals surface area contributed by atoms with Crippen molar-refractivity contribution in [3.63, 3.8) is 0 Å². The molecule has 0 aromatic heterocycles. The van der Waals surface area contributed by atoms with Crippen molar-refractivity contribution in [2.24, 2.45) is 5.92 Å². The Bertz CT molecular complexity index is 1170. The first-order valence-electron chi connectivity index (χ1n) is 10.1. The van der Waals surface area contributed by atoms with Crippen molar-refractivity contribution in [1.82, 2.24) is 10.9 Å². The minimum atomic E-state index is -0.683. The Morgan fingerprint density at radius 3 is 2.44 bits per heavy atom. The maximum absolute atomic E-state index is 12.6. The molecule has 1 atom stereocenters. The molecule has 0 spiro atoms. The van der Waals surface area contributed by atoms with Crippen LogP contribution in [0.2, 0.25) is 0 Å². The molecule has 1 saturated heterocycles. The molecular formula is C24H21N3O5. The number of hydrogen-bond donors (Lipinski definition) is 2. The lowest BCUT2D eigenvalue weighted by Crippen LogP contribution is -2.43. The fourth-order valence-electron chi connectivity index (χ4n) is 3.62. The predicted octanol–water partition coefficient (Wildman–Crippen LogP) is 2.20. The first-order chi connectivity index (χ1) is 15.5. The molecular weight excluding hydrogens is 410 g/mol. The van der Waals surface area contributed by atoms with E-state index in [-0.39, 0.29) is 18.9 Å². The van der Waals surface area contributed by atoms with E-state index in [1.165, 1.54) is 0 Å². The summed E-state index contributed by atoms with van der Waals surface area (Å²) in [6.45, 7) is -0.384. The Hall–Kier alpha value is -4.20. The van der Waals surface area contributed by atoms with E-state index in [4.69, 9.17) is 4.74 Å². The third-order valence-electron chi connectivity index (χ3n) is 5.21. The number of esters is 1.